The van der Waals surface area contributed by atoms with Crippen molar-refractivity contribution in [1.82, 2.24) is 15.0 Å². The van der Waals surface area contributed by atoms with E-state index >= 15 is 0 Å². The van der Waals surface area contributed by atoms with Crippen molar-refractivity contribution in [3.63, 3.8) is 0 Å². The highest BCUT2D eigenvalue weighted by Crippen LogP contribution is 2.11. The summed E-state index contributed by atoms with van der Waals surface area (Å²) in [5.41, 5.74) is 0. The number of nitrogens with one attached hydrogen (secondary N) is 1. The number of hydrogen-bond donors (Lipinski definition) is 1. The quantitative estimate of drug-likeness (QED) is 0.672. The first-order chi connectivity index (χ1) is 7.69. The summed E-state index contributed by atoms with van der Waals surface area (Å²) in [7, 11) is 4.12. The third-order valence-corrected chi connectivity index (χ3v) is 1.58. The van der Waals surface area contributed by atoms with Crippen LogP contribution in [0, 0.1) is 0 Å². The maximum atomic E-state index is 10.9. The summed E-state index contributed by atoms with van der Waals surface area (Å²) in [6.07, 6.45) is 0. The number of hydrogen-bond acceptors (Lipinski definition) is 8. The van der Waals surface area contributed by atoms with E-state index in [9.17, 15) is 4.79 Å². The molecule has 16 heavy (non-hydrogen) atoms. The number of nitrogens with zero attached hydrogens (tertiary/aromatic N) is 3. The molecule has 0 aliphatic carbocycles. The fraction of sp³-hybridized carbons (Fsp3) is 0.500. The van der Waals surface area contributed by atoms with Gasteiger partial charge in [0.15, 0.2) is 0 Å². The van der Waals surface area contributed by atoms with Gasteiger partial charge in [0.25, 0.3) is 0 Å². The number of methoxy groups -OCH3 is 3. The number of carbonyl (C=O) groups is 1. The summed E-state index contributed by atoms with van der Waals surface area (Å²) in [6.45, 7) is -0.0488. The summed E-state index contributed by atoms with van der Waals surface area (Å²) >= 11 is 0. The Bertz CT molecular complexity index is 349. The highest BCUT2D eigenvalue weighted by molar-refractivity contribution is 5.74. The first-order valence-electron chi connectivity index (χ1n) is 4.34. The smallest absolute Gasteiger partial charge is 0.325 e. The van der Waals surface area contributed by atoms with Crippen LogP contribution in [0.5, 0.6) is 12.0 Å². The Morgan fingerprint density at radius 1 is 1.12 bits per heavy atom. The van der Waals surface area contributed by atoms with E-state index in [1.807, 2.05) is 0 Å². The molecular weight excluding hydrogens is 216 g/mol. The van der Waals surface area contributed by atoms with Gasteiger partial charge in [0.1, 0.15) is 6.54 Å². The molecule has 8 nitrogen and oxygen atoms in total. The second-order valence-corrected chi connectivity index (χ2v) is 2.56. The van der Waals surface area contributed by atoms with Crippen LogP contribution in [0.4, 0.5) is 5.95 Å². The molecule has 0 saturated heterocycles. The van der Waals surface area contributed by atoms with Gasteiger partial charge in [-0.25, -0.2) is 0 Å². The van der Waals surface area contributed by atoms with Gasteiger partial charge in [0.2, 0.25) is 5.95 Å². The molecule has 0 bridgehead atoms. The predicted octanol–water partition coefficient (Wildman–Crippen LogP) is -0.526. The SMILES string of the molecule is COC(=O)CNc1nc(OC)nc(OC)n1. The number of carbonyl (C=O) groups excluding carboxylic acids is 1. The van der Waals surface area contributed by atoms with E-state index in [-0.39, 0.29) is 24.5 Å². The van der Waals surface area contributed by atoms with E-state index in [1.54, 1.807) is 0 Å². The first kappa shape index (κ1) is 12.0. The highest BCUT2D eigenvalue weighted by atomic mass is 16.5. The van der Waals surface area contributed by atoms with Crippen LogP contribution in [-0.2, 0) is 9.53 Å². The third kappa shape index (κ3) is 3.23. The minimum atomic E-state index is -0.432. The number of aromatic nitrogens is 3. The van der Waals surface area contributed by atoms with Crippen LogP contribution in [0.3, 0.4) is 0 Å². The Morgan fingerprint density at radius 2 is 1.69 bits per heavy atom. The van der Waals surface area contributed by atoms with Crippen molar-refractivity contribution in [2.24, 2.45) is 0 Å². The van der Waals surface area contributed by atoms with E-state index in [0.29, 0.717) is 0 Å². The lowest BCUT2D eigenvalue weighted by Crippen LogP contribution is -2.17. The molecule has 0 amide bonds. The number of esters is 1. The van der Waals surface area contributed by atoms with Gasteiger partial charge >= 0.3 is 18.0 Å². The topological polar surface area (TPSA) is 95.5 Å². The van der Waals surface area contributed by atoms with Crippen molar-refractivity contribution in [3.8, 4) is 12.0 Å². The molecule has 0 saturated carbocycles. The molecule has 1 aromatic heterocycles. The Hall–Kier alpha value is -2.12. The van der Waals surface area contributed by atoms with Crippen LogP contribution >= 0.6 is 0 Å². The van der Waals surface area contributed by atoms with Crippen molar-refractivity contribution in [2.75, 3.05) is 33.2 Å². The van der Waals surface area contributed by atoms with Gasteiger partial charge in [0.05, 0.1) is 21.3 Å². The molecule has 1 aromatic rings. The van der Waals surface area contributed by atoms with Crippen LogP contribution < -0.4 is 14.8 Å². The molecule has 0 fully saturated rings. The number of anilines is 1. The lowest BCUT2D eigenvalue weighted by Gasteiger charge is -2.06. The Balaban J connectivity index is 2.74. The fourth-order valence-corrected chi connectivity index (χ4v) is 0.823. The standard InChI is InChI=1S/C8H12N4O4/c1-14-5(13)4-9-6-10-7(15-2)12-8(11-6)16-3/h4H2,1-3H3,(H,9,10,11,12). The average Bonchev–Trinajstić information content (AvgIpc) is 2.35. The van der Waals surface area contributed by atoms with E-state index in [4.69, 9.17) is 9.47 Å². The van der Waals surface area contributed by atoms with Gasteiger partial charge in [-0.2, -0.15) is 9.97 Å². The van der Waals surface area contributed by atoms with Gasteiger partial charge in [0, 0.05) is 0 Å². The molecule has 0 aliphatic heterocycles. The van der Waals surface area contributed by atoms with E-state index in [0.717, 1.165) is 0 Å². The van der Waals surface area contributed by atoms with Crippen LogP contribution in [0.2, 0.25) is 0 Å². The predicted molar refractivity (Wildman–Crippen MR) is 53.4 cm³/mol. The Kier molecular flexibility index (Phi) is 4.25. The maximum Gasteiger partial charge on any atom is 0.325 e. The highest BCUT2D eigenvalue weighted by Gasteiger charge is 2.08. The second-order valence-electron chi connectivity index (χ2n) is 2.56. The molecular formula is C8H12N4O4. The molecule has 0 aromatic carbocycles. The summed E-state index contributed by atoms with van der Waals surface area (Å²) < 4.78 is 14.1. The van der Waals surface area contributed by atoms with Crippen LogP contribution in [0.15, 0.2) is 0 Å². The van der Waals surface area contributed by atoms with Crippen LogP contribution in [0.25, 0.3) is 0 Å². The minimum absolute atomic E-state index is 0.0488. The zero-order valence-electron chi connectivity index (χ0n) is 9.18. The molecule has 88 valence electrons. The van der Waals surface area contributed by atoms with Crippen molar-refractivity contribution in [3.05, 3.63) is 0 Å². The lowest BCUT2D eigenvalue weighted by molar-refractivity contribution is -0.138. The van der Waals surface area contributed by atoms with Crippen molar-refractivity contribution < 1.29 is 19.0 Å². The lowest BCUT2D eigenvalue weighted by atomic mass is 10.6. The fourth-order valence-electron chi connectivity index (χ4n) is 0.823. The average molecular weight is 228 g/mol. The Morgan fingerprint density at radius 3 is 2.12 bits per heavy atom. The van der Waals surface area contributed by atoms with Crippen molar-refractivity contribution in [2.45, 2.75) is 0 Å². The van der Waals surface area contributed by atoms with Crippen LogP contribution in [-0.4, -0.2) is 48.8 Å². The van der Waals surface area contributed by atoms with E-state index in [2.05, 4.69) is 25.0 Å². The monoisotopic (exact) mass is 228 g/mol. The molecule has 1 heterocycles. The molecule has 1 N–H and O–H groups in total. The normalized spacial score (nSPS) is 9.44. The summed E-state index contributed by atoms with van der Waals surface area (Å²) in [6, 6.07) is 0.193. The summed E-state index contributed by atoms with van der Waals surface area (Å²) in [5, 5.41) is 2.65. The molecule has 0 radical (unpaired) electrons. The zero-order chi connectivity index (χ0) is 12.0. The Labute approximate surface area is 92.0 Å². The zero-order valence-corrected chi connectivity index (χ0v) is 9.18. The van der Waals surface area contributed by atoms with Crippen molar-refractivity contribution in [1.29, 1.82) is 0 Å². The largest absolute Gasteiger partial charge is 0.468 e. The molecule has 1 rings (SSSR count). The molecule has 0 aliphatic rings. The van der Waals surface area contributed by atoms with Gasteiger partial charge in [-0.05, 0) is 0 Å². The van der Waals surface area contributed by atoms with Gasteiger partial charge < -0.3 is 19.5 Å². The minimum Gasteiger partial charge on any atom is -0.468 e. The van der Waals surface area contributed by atoms with Gasteiger partial charge in [-0.3, -0.25) is 4.79 Å². The summed E-state index contributed by atoms with van der Waals surface area (Å²) in [5.74, 6) is -0.257. The van der Waals surface area contributed by atoms with E-state index in [1.165, 1.54) is 21.3 Å². The molecule has 0 spiro atoms. The molecule has 8 heteroatoms. The third-order valence-electron chi connectivity index (χ3n) is 1.58. The number of rotatable bonds is 5. The second kappa shape index (κ2) is 5.69. The maximum absolute atomic E-state index is 10.9. The van der Waals surface area contributed by atoms with Crippen LogP contribution in [0.1, 0.15) is 0 Å². The van der Waals surface area contributed by atoms with Crippen molar-refractivity contribution >= 4 is 11.9 Å². The van der Waals surface area contributed by atoms with Gasteiger partial charge in [-0.15, -0.1) is 4.98 Å². The first-order valence-corrected chi connectivity index (χ1v) is 4.34. The van der Waals surface area contributed by atoms with E-state index < -0.39 is 5.97 Å². The molecule has 0 unspecified atom stereocenters. The summed E-state index contributed by atoms with van der Waals surface area (Å²) in [4.78, 5) is 22.4. The van der Waals surface area contributed by atoms with Gasteiger partial charge in [-0.1, -0.05) is 0 Å². The number of ether oxygens (including phenoxy) is 3. The molecule has 0 atom stereocenters.